The third-order valence-corrected chi connectivity index (χ3v) is 4.84. The molecule has 0 spiro atoms. The van der Waals surface area contributed by atoms with Gasteiger partial charge in [-0.15, -0.1) is 0 Å². The van der Waals surface area contributed by atoms with Gasteiger partial charge in [-0.3, -0.25) is 4.79 Å². The molecule has 0 amide bonds. The zero-order chi connectivity index (χ0) is 20.8. The number of hydrogen-bond acceptors (Lipinski definition) is 3. The van der Waals surface area contributed by atoms with Crippen molar-refractivity contribution >= 4 is 29.4 Å². The molecule has 0 aliphatic carbocycles. The highest BCUT2D eigenvalue weighted by Gasteiger charge is 2.25. The Morgan fingerprint density at radius 1 is 0.862 bits per heavy atom. The van der Waals surface area contributed by atoms with Crippen LogP contribution in [0, 0.1) is 13.8 Å². The minimum Gasteiger partial charge on any atom is -0.446 e. The van der Waals surface area contributed by atoms with E-state index in [4.69, 9.17) is 16.3 Å². The third-order valence-electron chi connectivity index (χ3n) is 4.49. The summed E-state index contributed by atoms with van der Waals surface area (Å²) >= 11 is 6.11. The largest absolute Gasteiger partial charge is 0.446 e. The highest BCUT2D eigenvalue weighted by atomic mass is 35.5. The van der Waals surface area contributed by atoms with Gasteiger partial charge in [0.05, 0.1) is 0 Å². The van der Waals surface area contributed by atoms with Crippen LogP contribution in [0.3, 0.4) is 0 Å². The molecule has 146 valence electrons. The fourth-order valence-electron chi connectivity index (χ4n) is 2.81. The molecule has 29 heavy (non-hydrogen) atoms. The van der Waals surface area contributed by atoms with Crippen LogP contribution in [0.2, 0.25) is 5.02 Å². The number of carbonyl (C=O) groups excluding carboxylic acids is 2. The summed E-state index contributed by atoms with van der Waals surface area (Å²) in [5, 5.41) is 0.530. The second-order valence-electron chi connectivity index (χ2n) is 6.81. The van der Waals surface area contributed by atoms with E-state index < -0.39 is 12.1 Å². The SMILES string of the molecule is Cc1ccc(C(=O)[C@H](OC(=O)/C=C/c2ccccc2Cl)c2ccc(C)cc2)cc1. The summed E-state index contributed by atoms with van der Waals surface area (Å²) in [4.78, 5) is 25.5. The molecule has 0 saturated heterocycles. The number of aryl methyl sites for hydroxylation is 2. The van der Waals surface area contributed by atoms with E-state index in [0.29, 0.717) is 21.7 Å². The third kappa shape index (κ3) is 5.43. The molecular formula is C25H21ClO3. The Bertz CT molecular complexity index is 1030. The second-order valence-corrected chi connectivity index (χ2v) is 7.22. The van der Waals surface area contributed by atoms with Crippen molar-refractivity contribution in [1.29, 1.82) is 0 Å². The lowest BCUT2D eigenvalue weighted by Gasteiger charge is -2.17. The quantitative estimate of drug-likeness (QED) is 0.281. The van der Waals surface area contributed by atoms with Gasteiger partial charge in [0.25, 0.3) is 0 Å². The highest BCUT2D eigenvalue weighted by Crippen LogP contribution is 2.24. The van der Waals surface area contributed by atoms with Gasteiger partial charge in [-0.05, 0) is 31.6 Å². The molecule has 3 aromatic rings. The Morgan fingerprint density at radius 3 is 2.07 bits per heavy atom. The van der Waals surface area contributed by atoms with Gasteiger partial charge in [0.15, 0.2) is 6.10 Å². The Labute approximate surface area is 175 Å². The molecule has 0 N–H and O–H groups in total. The first-order valence-electron chi connectivity index (χ1n) is 9.25. The van der Waals surface area contributed by atoms with Gasteiger partial charge < -0.3 is 4.74 Å². The molecule has 0 unspecified atom stereocenters. The topological polar surface area (TPSA) is 43.4 Å². The Morgan fingerprint density at radius 2 is 1.45 bits per heavy atom. The van der Waals surface area contributed by atoms with Crippen molar-refractivity contribution < 1.29 is 14.3 Å². The molecule has 3 nitrogen and oxygen atoms in total. The monoisotopic (exact) mass is 404 g/mol. The van der Waals surface area contributed by atoms with Crippen LogP contribution in [-0.2, 0) is 9.53 Å². The Hall–Kier alpha value is -3.17. The molecular weight excluding hydrogens is 384 g/mol. The number of esters is 1. The molecule has 3 rings (SSSR count). The summed E-state index contributed by atoms with van der Waals surface area (Å²) in [5.74, 6) is -0.885. The molecule has 0 saturated carbocycles. The van der Waals surface area contributed by atoms with Crippen LogP contribution >= 0.6 is 11.6 Å². The summed E-state index contributed by atoms with van der Waals surface area (Å²) in [6, 6.07) is 21.8. The Balaban J connectivity index is 1.85. The zero-order valence-corrected chi connectivity index (χ0v) is 17.0. The maximum absolute atomic E-state index is 13.1. The molecule has 0 bridgehead atoms. The van der Waals surface area contributed by atoms with E-state index >= 15 is 0 Å². The molecule has 0 aromatic heterocycles. The molecule has 0 heterocycles. The molecule has 0 fully saturated rings. The summed E-state index contributed by atoms with van der Waals surface area (Å²) in [6.07, 6.45) is 1.83. The van der Waals surface area contributed by atoms with E-state index in [1.54, 1.807) is 42.5 Å². The van der Waals surface area contributed by atoms with E-state index in [1.807, 2.05) is 50.2 Å². The van der Waals surface area contributed by atoms with Crippen LogP contribution < -0.4 is 0 Å². The number of Topliss-reactive ketones (excluding diaryl/α,β-unsaturated/α-hetero) is 1. The van der Waals surface area contributed by atoms with Crippen molar-refractivity contribution in [3.63, 3.8) is 0 Å². The number of halogens is 1. The van der Waals surface area contributed by atoms with E-state index in [1.165, 1.54) is 6.08 Å². The standard InChI is InChI=1S/C25H21ClO3/c1-17-7-11-20(12-8-17)24(28)25(21-13-9-18(2)10-14-21)29-23(27)16-15-19-5-3-4-6-22(19)26/h3-16,25H,1-2H3/b16-15+/t25-/m1/s1. The molecule has 0 aliphatic rings. The average molecular weight is 405 g/mol. The lowest BCUT2D eigenvalue weighted by atomic mass is 9.98. The van der Waals surface area contributed by atoms with Crippen molar-refractivity contribution in [2.45, 2.75) is 20.0 Å². The van der Waals surface area contributed by atoms with Crippen LogP contribution in [-0.4, -0.2) is 11.8 Å². The number of hydrogen-bond donors (Lipinski definition) is 0. The lowest BCUT2D eigenvalue weighted by molar-refractivity contribution is -0.141. The van der Waals surface area contributed by atoms with Crippen LogP contribution in [0.15, 0.2) is 78.9 Å². The van der Waals surface area contributed by atoms with E-state index in [9.17, 15) is 9.59 Å². The summed E-state index contributed by atoms with van der Waals surface area (Å²) in [7, 11) is 0. The van der Waals surface area contributed by atoms with Crippen LogP contribution in [0.4, 0.5) is 0 Å². The number of benzene rings is 3. The first-order chi connectivity index (χ1) is 13.9. The van der Waals surface area contributed by atoms with Crippen molar-refractivity contribution in [3.8, 4) is 0 Å². The lowest BCUT2D eigenvalue weighted by Crippen LogP contribution is -2.19. The van der Waals surface area contributed by atoms with Crippen LogP contribution in [0.1, 0.15) is 38.7 Å². The maximum atomic E-state index is 13.1. The smallest absolute Gasteiger partial charge is 0.331 e. The van der Waals surface area contributed by atoms with Crippen LogP contribution in [0.25, 0.3) is 6.08 Å². The first-order valence-corrected chi connectivity index (χ1v) is 9.62. The van der Waals surface area contributed by atoms with Gasteiger partial charge in [-0.1, -0.05) is 89.5 Å². The molecule has 0 aliphatic heterocycles. The fraction of sp³-hybridized carbons (Fsp3) is 0.120. The number of ketones is 1. The van der Waals surface area contributed by atoms with Gasteiger partial charge in [0.1, 0.15) is 0 Å². The molecule has 0 radical (unpaired) electrons. The second kappa shape index (κ2) is 9.35. The molecule has 4 heteroatoms. The van der Waals surface area contributed by atoms with Gasteiger partial charge >= 0.3 is 5.97 Å². The maximum Gasteiger partial charge on any atom is 0.331 e. The Kier molecular flexibility index (Phi) is 6.63. The van der Waals surface area contributed by atoms with E-state index in [2.05, 4.69) is 0 Å². The number of ether oxygens (including phenoxy) is 1. The summed E-state index contributed by atoms with van der Waals surface area (Å²) in [6.45, 7) is 3.91. The van der Waals surface area contributed by atoms with Crippen molar-refractivity contribution in [2.24, 2.45) is 0 Å². The van der Waals surface area contributed by atoms with Crippen LogP contribution in [0.5, 0.6) is 0 Å². The number of rotatable bonds is 6. The minimum absolute atomic E-state index is 0.270. The zero-order valence-electron chi connectivity index (χ0n) is 16.3. The van der Waals surface area contributed by atoms with E-state index in [0.717, 1.165) is 11.1 Å². The van der Waals surface area contributed by atoms with Gasteiger partial charge in [-0.2, -0.15) is 0 Å². The van der Waals surface area contributed by atoms with Gasteiger partial charge in [0.2, 0.25) is 5.78 Å². The fourth-order valence-corrected chi connectivity index (χ4v) is 3.01. The summed E-state index contributed by atoms with van der Waals surface area (Å²) in [5.41, 5.74) is 3.92. The predicted octanol–water partition coefficient (Wildman–Crippen LogP) is 6.14. The average Bonchev–Trinajstić information content (AvgIpc) is 2.72. The van der Waals surface area contributed by atoms with E-state index in [-0.39, 0.29) is 5.78 Å². The van der Waals surface area contributed by atoms with Gasteiger partial charge in [0, 0.05) is 22.2 Å². The predicted molar refractivity (Wildman–Crippen MR) is 116 cm³/mol. The normalized spacial score (nSPS) is 12.0. The molecule has 1 atom stereocenters. The minimum atomic E-state index is -1.03. The first kappa shape index (κ1) is 20.6. The van der Waals surface area contributed by atoms with Crippen molar-refractivity contribution in [1.82, 2.24) is 0 Å². The number of carbonyl (C=O) groups is 2. The molecule has 3 aromatic carbocycles. The summed E-state index contributed by atoms with van der Waals surface area (Å²) < 4.78 is 5.57. The van der Waals surface area contributed by atoms with Crippen molar-refractivity contribution in [2.75, 3.05) is 0 Å². The van der Waals surface area contributed by atoms with Crippen molar-refractivity contribution in [3.05, 3.63) is 112 Å². The van der Waals surface area contributed by atoms with Gasteiger partial charge in [-0.25, -0.2) is 4.79 Å². The highest BCUT2D eigenvalue weighted by molar-refractivity contribution is 6.32.